The molecule has 1 aliphatic rings. The number of nitrogens with zero attached hydrogens (tertiary/aromatic N) is 1. The van der Waals surface area contributed by atoms with Gasteiger partial charge in [-0.1, -0.05) is 26.7 Å². The maximum atomic E-state index is 12.4. The molecular formula is C17H34N2O2. The second-order valence-corrected chi connectivity index (χ2v) is 6.39. The van der Waals surface area contributed by atoms with Gasteiger partial charge in [0.2, 0.25) is 0 Å². The highest BCUT2D eigenvalue weighted by molar-refractivity contribution is 5.80. The van der Waals surface area contributed by atoms with Crippen molar-refractivity contribution < 1.29 is 9.53 Å². The molecule has 0 aromatic carbocycles. The van der Waals surface area contributed by atoms with Gasteiger partial charge < -0.3 is 10.1 Å². The number of likely N-dealkylation sites (tertiary alicyclic amines) is 1. The van der Waals surface area contributed by atoms with Gasteiger partial charge in [0.25, 0.3) is 0 Å². The minimum Gasteiger partial charge on any atom is -0.465 e. The second-order valence-electron chi connectivity index (χ2n) is 6.39. The molecule has 0 saturated carbocycles. The van der Waals surface area contributed by atoms with Crippen LogP contribution in [-0.2, 0) is 9.53 Å². The highest BCUT2D eigenvalue weighted by atomic mass is 16.5. The van der Waals surface area contributed by atoms with Crippen LogP contribution >= 0.6 is 0 Å². The SMILES string of the molecule is CCCNC(C)(CN1CCCCC1CCC)C(=O)OCC. The lowest BCUT2D eigenvalue weighted by atomic mass is 9.94. The Morgan fingerprint density at radius 2 is 2.05 bits per heavy atom. The molecule has 1 aliphatic heterocycles. The number of rotatable bonds is 9. The third-order valence-electron chi connectivity index (χ3n) is 4.38. The van der Waals surface area contributed by atoms with Crippen LogP contribution in [0.5, 0.6) is 0 Å². The lowest BCUT2D eigenvalue weighted by molar-refractivity contribution is -0.151. The van der Waals surface area contributed by atoms with Crippen LogP contribution in [0.2, 0.25) is 0 Å². The van der Waals surface area contributed by atoms with Crippen molar-refractivity contribution in [2.24, 2.45) is 0 Å². The molecule has 1 fully saturated rings. The molecule has 0 bridgehead atoms. The van der Waals surface area contributed by atoms with E-state index in [1.165, 1.54) is 32.1 Å². The molecule has 124 valence electrons. The summed E-state index contributed by atoms with van der Waals surface area (Å²) < 4.78 is 5.31. The van der Waals surface area contributed by atoms with Gasteiger partial charge in [0.15, 0.2) is 0 Å². The number of nitrogens with one attached hydrogen (secondary N) is 1. The number of carbonyl (C=O) groups is 1. The number of hydrogen-bond acceptors (Lipinski definition) is 4. The number of carbonyl (C=O) groups excluding carboxylic acids is 1. The summed E-state index contributed by atoms with van der Waals surface area (Å²) in [5.74, 6) is -0.112. The zero-order valence-electron chi connectivity index (χ0n) is 14.4. The third kappa shape index (κ3) is 5.59. The minimum absolute atomic E-state index is 0.112. The Hall–Kier alpha value is -0.610. The van der Waals surface area contributed by atoms with Crippen molar-refractivity contribution in [2.45, 2.75) is 77.8 Å². The van der Waals surface area contributed by atoms with E-state index in [1.54, 1.807) is 0 Å². The van der Waals surface area contributed by atoms with Gasteiger partial charge in [0.05, 0.1) is 6.61 Å². The first-order chi connectivity index (χ1) is 10.1. The molecule has 0 radical (unpaired) electrons. The molecule has 0 aromatic rings. The lowest BCUT2D eigenvalue weighted by Crippen LogP contribution is -2.60. The van der Waals surface area contributed by atoms with Gasteiger partial charge in [-0.05, 0) is 52.6 Å². The number of ether oxygens (including phenoxy) is 1. The summed E-state index contributed by atoms with van der Waals surface area (Å²) in [7, 11) is 0. The Bertz CT molecular complexity index is 307. The normalized spacial score (nSPS) is 22.8. The molecule has 1 heterocycles. The molecule has 0 amide bonds. The van der Waals surface area contributed by atoms with Crippen molar-refractivity contribution in [3.8, 4) is 0 Å². The van der Waals surface area contributed by atoms with Crippen LogP contribution in [0.1, 0.15) is 66.2 Å². The summed E-state index contributed by atoms with van der Waals surface area (Å²) in [6.07, 6.45) is 7.28. The van der Waals surface area contributed by atoms with Crippen molar-refractivity contribution >= 4 is 5.97 Å². The largest absolute Gasteiger partial charge is 0.465 e. The molecule has 2 atom stereocenters. The molecule has 1 rings (SSSR count). The second kappa shape index (κ2) is 9.42. The number of piperidine rings is 1. The summed E-state index contributed by atoms with van der Waals surface area (Å²) in [4.78, 5) is 14.9. The molecule has 0 aromatic heterocycles. The summed E-state index contributed by atoms with van der Waals surface area (Å²) in [6.45, 7) is 11.4. The van der Waals surface area contributed by atoms with Gasteiger partial charge in [-0.15, -0.1) is 0 Å². The summed E-state index contributed by atoms with van der Waals surface area (Å²) in [6, 6.07) is 0.626. The number of hydrogen-bond donors (Lipinski definition) is 1. The van der Waals surface area contributed by atoms with Gasteiger partial charge in [0.1, 0.15) is 5.54 Å². The van der Waals surface area contributed by atoms with E-state index in [2.05, 4.69) is 24.1 Å². The monoisotopic (exact) mass is 298 g/mol. The van der Waals surface area contributed by atoms with Crippen molar-refractivity contribution in [2.75, 3.05) is 26.2 Å². The maximum absolute atomic E-state index is 12.4. The highest BCUT2D eigenvalue weighted by Crippen LogP contribution is 2.23. The average Bonchev–Trinajstić information content (AvgIpc) is 2.48. The Morgan fingerprint density at radius 3 is 2.67 bits per heavy atom. The predicted molar refractivity (Wildman–Crippen MR) is 87.5 cm³/mol. The quantitative estimate of drug-likeness (QED) is 0.665. The highest BCUT2D eigenvalue weighted by Gasteiger charge is 2.38. The lowest BCUT2D eigenvalue weighted by Gasteiger charge is -2.41. The van der Waals surface area contributed by atoms with Gasteiger partial charge in [-0.2, -0.15) is 0 Å². The molecule has 4 nitrogen and oxygen atoms in total. The van der Waals surface area contributed by atoms with Crippen LogP contribution < -0.4 is 5.32 Å². The topological polar surface area (TPSA) is 41.6 Å². The molecule has 1 N–H and O–H groups in total. The smallest absolute Gasteiger partial charge is 0.327 e. The van der Waals surface area contributed by atoms with Crippen molar-refractivity contribution in [1.29, 1.82) is 0 Å². The maximum Gasteiger partial charge on any atom is 0.327 e. The van der Waals surface area contributed by atoms with E-state index in [-0.39, 0.29) is 5.97 Å². The van der Waals surface area contributed by atoms with Crippen LogP contribution in [-0.4, -0.2) is 48.7 Å². The molecule has 0 spiro atoms. The zero-order chi connectivity index (χ0) is 15.7. The first-order valence-corrected chi connectivity index (χ1v) is 8.73. The van der Waals surface area contributed by atoms with Crippen LogP contribution in [0, 0.1) is 0 Å². The van der Waals surface area contributed by atoms with Gasteiger partial charge in [-0.25, -0.2) is 0 Å². The summed E-state index contributed by atoms with van der Waals surface area (Å²) in [5, 5.41) is 3.42. The Kier molecular flexibility index (Phi) is 8.27. The van der Waals surface area contributed by atoms with E-state index in [0.29, 0.717) is 12.6 Å². The Balaban J connectivity index is 2.75. The fraction of sp³-hybridized carbons (Fsp3) is 0.941. The third-order valence-corrected chi connectivity index (χ3v) is 4.38. The number of esters is 1. The van der Waals surface area contributed by atoms with Gasteiger partial charge in [-0.3, -0.25) is 9.69 Å². The average molecular weight is 298 g/mol. The summed E-state index contributed by atoms with van der Waals surface area (Å²) >= 11 is 0. The first kappa shape index (κ1) is 18.4. The van der Waals surface area contributed by atoms with Crippen molar-refractivity contribution in [3.63, 3.8) is 0 Å². The van der Waals surface area contributed by atoms with Crippen LogP contribution in [0.3, 0.4) is 0 Å². The minimum atomic E-state index is -0.588. The fourth-order valence-corrected chi connectivity index (χ4v) is 3.22. The van der Waals surface area contributed by atoms with E-state index in [0.717, 1.165) is 26.1 Å². The first-order valence-electron chi connectivity index (χ1n) is 8.73. The standard InChI is InChI=1S/C17H34N2O2/c1-5-10-15-11-8-9-13-19(15)14-17(4,18-12-6-2)16(20)21-7-3/h15,18H,5-14H2,1-4H3. The van der Waals surface area contributed by atoms with Crippen LogP contribution in [0.15, 0.2) is 0 Å². The Morgan fingerprint density at radius 1 is 1.29 bits per heavy atom. The van der Waals surface area contributed by atoms with Gasteiger partial charge in [0, 0.05) is 12.6 Å². The molecule has 21 heavy (non-hydrogen) atoms. The van der Waals surface area contributed by atoms with Crippen LogP contribution in [0.25, 0.3) is 0 Å². The molecule has 4 heteroatoms. The van der Waals surface area contributed by atoms with E-state index in [4.69, 9.17) is 4.74 Å². The molecule has 0 aliphatic carbocycles. The van der Waals surface area contributed by atoms with Gasteiger partial charge >= 0.3 is 5.97 Å². The van der Waals surface area contributed by atoms with Crippen molar-refractivity contribution in [1.82, 2.24) is 10.2 Å². The fourth-order valence-electron chi connectivity index (χ4n) is 3.22. The van der Waals surface area contributed by atoms with Crippen molar-refractivity contribution in [3.05, 3.63) is 0 Å². The van der Waals surface area contributed by atoms with Crippen LogP contribution in [0.4, 0.5) is 0 Å². The van der Waals surface area contributed by atoms with E-state index in [1.807, 2.05) is 13.8 Å². The van der Waals surface area contributed by atoms with E-state index < -0.39 is 5.54 Å². The summed E-state index contributed by atoms with van der Waals surface area (Å²) in [5.41, 5.74) is -0.588. The van der Waals surface area contributed by atoms with E-state index >= 15 is 0 Å². The molecule has 1 saturated heterocycles. The Labute approximate surface area is 130 Å². The molecule has 2 unspecified atom stereocenters. The predicted octanol–water partition coefficient (Wildman–Crippen LogP) is 2.96. The zero-order valence-corrected chi connectivity index (χ0v) is 14.4. The van der Waals surface area contributed by atoms with E-state index in [9.17, 15) is 4.79 Å². The molecular weight excluding hydrogens is 264 g/mol.